The van der Waals surface area contributed by atoms with E-state index in [0.29, 0.717) is 17.4 Å². The summed E-state index contributed by atoms with van der Waals surface area (Å²) >= 11 is 0. The summed E-state index contributed by atoms with van der Waals surface area (Å²) in [5, 5.41) is 12.2. The molecule has 1 aromatic heterocycles. The van der Waals surface area contributed by atoms with Crippen molar-refractivity contribution in [2.45, 2.75) is 70.3 Å². The van der Waals surface area contributed by atoms with Gasteiger partial charge < -0.3 is 14.8 Å². The van der Waals surface area contributed by atoms with Crippen molar-refractivity contribution in [3.05, 3.63) is 47.4 Å². The number of methoxy groups -OCH3 is 1. The number of nitrogens with zero attached hydrogens (tertiary/aromatic N) is 2. The zero-order chi connectivity index (χ0) is 21.2. The normalized spacial score (nSPS) is 21.8. The predicted octanol–water partition coefficient (Wildman–Crippen LogP) is 5.07. The summed E-state index contributed by atoms with van der Waals surface area (Å²) in [6.45, 7) is 4.10. The Morgan fingerprint density at radius 1 is 1.37 bits per heavy atom. The molecule has 1 saturated carbocycles. The van der Waals surface area contributed by atoms with Gasteiger partial charge >= 0.3 is 0 Å². The maximum atomic E-state index is 8.72. The molecule has 1 spiro atoms. The van der Waals surface area contributed by atoms with Crippen LogP contribution in [0.3, 0.4) is 0 Å². The molecule has 162 valence electrons. The molecule has 0 radical (unpaired) electrons. The zero-order valence-corrected chi connectivity index (χ0v) is 18.5. The third-order valence-electron chi connectivity index (χ3n) is 6.34. The van der Waals surface area contributed by atoms with Gasteiger partial charge in [-0.1, -0.05) is 38.3 Å². The molecule has 30 heavy (non-hydrogen) atoms. The van der Waals surface area contributed by atoms with Crippen LogP contribution in [0.1, 0.15) is 69.5 Å². The van der Waals surface area contributed by atoms with Crippen LogP contribution in [0.25, 0.3) is 0 Å². The predicted molar refractivity (Wildman–Crippen MR) is 119 cm³/mol. The van der Waals surface area contributed by atoms with Gasteiger partial charge in [0, 0.05) is 31.0 Å². The highest BCUT2D eigenvalue weighted by Crippen LogP contribution is 2.43. The van der Waals surface area contributed by atoms with Crippen molar-refractivity contribution >= 4 is 0 Å². The number of aromatic nitrogens is 1. The number of dihydropyridines is 1. The minimum Gasteiger partial charge on any atom is -0.494 e. The lowest BCUT2D eigenvalue weighted by Gasteiger charge is -2.39. The molecule has 1 N–H and O–H groups in total. The maximum Gasteiger partial charge on any atom is 0.182 e. The summed E-state index contributed by atoms with van der Waals surface area (Å²) in [7, 11) is 1.56. The summed E-state index contributed by atoms with van der Waals surface area (Å²) < 4.78 is 11.1. The third kappa shape index (κ3) is 5.86. The molecule has 1 aromatic rings. The maximum absolute atomic E-state index is 8.72. The minimum atomic E-state index is 0.243. The molecule has 3 heterocycles. The molecular formula is C25H35N3O2. The molecule has 1 aliphatic carbocycles. The zero-order valence-electron chi connectivity index (χ0n) is 18.5. The van der Waals surface area contributed by atoms with Crippen molar-refractivity contribution in [3.63, 3.8) is 0 Å². The summed E-state index contributed by atoms with van der Waals surface area (Å²) in [6, 6.07) is 3.88. The molecule has 3 aliphatic rings. The fourth-order valence-electron chi connectivity index (χ4n) is 4.66. The van der Waals surface area contributed by atoms with Gasteiger partial charge in [-0.3, -0.25) is 0 Å². The van der Waals surface area contributed by atoms with Gasteiger partial charge in [0.2, 0.25) is 0 Å². The first kappa shape index (κ1) is 22.4. The van der Waals surface area contributed by atoms with E-state index in [1.165, 1.54) is 44.2 Å². The molecule has 2 fully saturated rings. The Bertz CT molecular complexity index is 788. The Kier molecular flexibility index (Phi) is 8.33. The van der Waals surface area contributed by atoms with Gasteiger partial charge in [0.05, 0.1) is 12.7 Å². The number of aryl methyl sites for hydroxylation is 1. The van der Waals surface area contributed by atoms with E-state index in [1.807, 2.05) is 12.1 Å². The lowest BCUT2D eigenvalue weighted by atomic mass is 9.82. The van der Waals surface area contributed by atoms with Crippen LogP contribution in [-0.4, -0.2) is 30.8 Å². The molecule has 1 saturated heterocycles. The molecular weight excluding hydrogens is 374 g/mol. The molecule has 0 unspecified atom stereocenters. The van der Waals surface area contributed by atoms with Crippen molar-refractivity contribution in [1.82, 2.24) is 10.3 Å². The van der Waals surface area contributed by atoms with Crippen LogP contribution in [0.5, 0.6) is 5.75 Å². The van der Waals surface area contributed by atoms with E-state index in [1.54, 1.807) is 13.3 Å². The highest BCUT2D eigenvalue weighted by Gasteiger charge is 2.40. The Morgan fingerprint density at radius 2 is 2.20 bits per heavy atom. The monoisotopic (exact) mass is 409 g/mol. The number of allylic oxidation sites excluding steroid dienone is 3. The van der Waals surface area contributed by atoms with E-state index in [2.05, 4.69) is 35.5 Å². The Hall–Kier alpha value is -2.32. The molecule has 0 aromatic carbocycles. The fraction of sp³-hybridized carbons (Fsp3) is 0.600. The number of ether oxygens (including phenoxy) is 2. The standard InChI is InChI=1S/C14H21NO.C11H14N2O/c1-4-9-15-13(5-1)12-6-10-16-14(11-12)7-2-3-8-14;1-3-4-5-9-6-11(14-2)10(7-12)13-8-9/h1,4-5,12,15H,2-3,6-11H2;6,8H,3-5H2,1-2H3/t12-;/m1./s1. The van der Waals surface area contributed by atoms with Crippen LogP contribution >= 0.6 is 0 Å². The van der Waals surface area contributed by atoms with Gasteiger partial charge in [0.25, 0.3) is 0 Å². The topological polar surface area (TPSA) is 67.2 Å². The van der Waals surface area contributed by atoms with Gasteiger partial charge in [-0.15, -0.1) is 0 Å². The van der Waals surface area contributed by atoms with E-state index < -0.39 is 0 Å². The summed E-state index contributed by atoms with van der Waals surface area (Å²) in [5.41, 5.74) is 3.17. The summed E-state index contributed by atoms with van der Waals surface area (Å²) in [4.78, 5) is 4.03. The first-order valence-electron chi connectivity index (χ1n) is 11.4. The molecule has 0 amide bonds. The Labute approximate surface area is 181 Å². The van der Waals surface area contributed by atoms with Crippen molar-refractivity contribution in [2.24, 2.45) is 5.92 Å². The molecule has 4 rings (SSSR count). The molecule has 5 heteroatoms. The number of unbranched alkanes of at least 4 members (excludes halogenated alkanes) is 1. The van der Waals surface area contributed by atoms with Crippen molar-refractivity contribution in [3.8, 4) is 11.8 Å². The van der Waals surface area contributed by atoms with Crippen molar-refractivity contribution < 1.29 is 9.47 Å². The quantitative estimate of drug-likeness (QED) is 0.735. The highest BCUT2D eigenvalue weighted by molar-refractivity contribution is 5.39. The second kappa shape index (κ2) is 11.2. The second-order valence-electron chi connectivity index (χ2n) is 8.47. The smallest absolute Gasteiger partial charge is 0.182 e. The average Bonchev–Trinajstić information content (AvgIpc) is 3.25. The molecule has 1 atom stereocenters. The lowest BCUT2D eigenvalue weighted by Crippen LogP contribution is -2.39. The Balaban J connectivity index is 0.000000173. The van der Waals surface area contributed by atoms with Crippen LogP contribution in [0.15, 0.2) is 36.2 Å². The van der Waals surface area contributed by atoms with Crippen molar-refractivity contribution in [2.75, 3.05) is 20.3 Å². The SMILES string of the molecule is C1=CCNC([C@@H]2CCOC3(CCCC3)C2)=C1.CCCCc1cnc(C#N)c(OC)c1. The van der Waals surface area contributed by atoms with E-state index in [0.717, 1.165) is 38.0 Å². The second-order valence-corrected chi connectivity index (χ2v) is 8.47. The summed E-state index contributed by atoms with van der Waals surface area (Å²) in [6.07, 6.45) is 19.4. The van der Waals surface area contributed by atoms with Crippen LogP contribution in [0, 0.1) is 17.2 Å². The first-order chi connectivity index (χ1) is 14.7. The number of rotatable bonds is 5. The highest BCUT2D eigenvalue weighted by atomic mass is 16.5. The van der Waals surface area contributed by atoms with Gasteiger partial charge in [0.1, 0.15) is 6.07 Å². The van der Waals surface area contributed by atoms with E-state index in [-0.39, 0.29) is 5.60 Å². The number of nitrogens with one attached hydrogen (secondary N) is 1. The first-order valence-corrected chi connectivity index (χ1v) is 11.4. The number of nitriles is 1. The molecule has 2 aliphatic heterocycles. The van der Waals surface area contributed by atoms with Gasteiger partial charge in [-0.2, -0.15) is 5.26 Å². The fourth-order valence-corrected chi connectivity index (χ4v) is 4.66. The van der Waals surface area contributed by atoms with Crippen LogP contribution in [-0.2, 0) is 11.2 Å². The Morgan fingerprint density at radius 3 is 2.87 bits per heavy atom. The van der Waals surface area contributed by atoms with E-state index >= 15 is 0 Å². The lowest BCUT2D eigenvalue weighted by molar-refractivity contribution is -0.0877. The van der Waals surface area contributed by atoms with E-state index in [9.17, 15) is 0 Å². The van der Waals surface area contributed by atoms with Gasteiger partial charge in [-0.25, -0.2) is 4.98 Å². The third-order valence-corrected chi connectivity index (χ3v) is 6.34. The van der Waals surface area contributed by atoms with Crippen LogP contribution < -0.4 is 10.1 Å². The van der Waals surface area contributed by atoms with Gasteiger partial charge in [-0.05, 0) is 56.2 Å². The van der Waals surface area contributed by atoms with Crippen LogP contribution in [0.4, 0.5) is 0 Å². The average molecular weight is 410 g/mol. The number of pyridine rings is 1. The largest absolute Gasteiger partial charge is 0.494 e. The number of hydrogen-bond donors (Lipinski definition) is 1. The number of hydrogen-bond acceptors (Lipinski definition) is 5. The minimum absolute atomic E-state index is 0.243. The van der Waals surface area contributed by atoms with Crippen LogP contribution in [0.2, 0.25) is 0 Å². The molecule has 5 nitrogen and oxygen atoms in total. The van der Waals surface area contributed by atoms with Gasteiger partial charge in [0.15, 0.2) is 11.4 Å². The van der Waals surface area contributed by atoms with E-state index in [4.69, 9.17) is 14.7 Å². The molecule has 0 bridgehead atoms. The summed E-state index contributed by atoms with van der Waals surface area (Å²) in [5.74, 6) is 1.28. The van der Waals surface area contributed by atoms with Crippen molar-refractivity contribution in [1.29, 1.82) is 5.26 Å².